The molecule has 0 spiro atoms. The Kier molecular flexibility index (Phi) is 4.67. The lowest BCUT2D eigenvalue weighted by Gasteiger charge is -2.06. The van der Waals surface area contributed by atoms with E-state index in [1.54, 1.807) is 13.0 Å². The number of aliphatic hydroxyl groups excluding tert-OH is 1. The van der Waals surface area contributed by atoms with Crippen molar-refractivity contribution in [3.05, 3.63) is 23.5 Å². The molecule has 1 unspecified atom stereocenters. The van der Waals surface area contributed by atoms with Crippen molar-refractivity contribution in [2.75, 3.05) is 0 Å². The molecule has 0 bridgehead atoms. The van der Waals surface area contributed by atoms with Gasteiger partial charge in [-0.3, -0.25) is 0 Å². The molecule has 0 amide bonds. The summed E-state index contributed by atoms with van der Waals surface area (Å²) in [5.74, 6) is 0.984. The smallest absolute Gasteiger partial charge is 0.0891 e. The fourth-order valence-corrected chi connectivity index (χ4v) is 0.738. The van der Waals surface area contributed by atoms with Crippen LogP contribution in [0.5, 0.6) is 0 Å². The lowest BCUT2D eigenvalue weighted by molar-refractivity contribution is 0.414. The Labute approximate surface area is 69.4 Å². The largest absolute Gasteiger partial charge is 0.513 e. The third-order valence-electron chi connectivity index (χ3n) is 1.98. The standard InChI is InChI=1S/C10H18O/c1-5-8(2)9(3)6-7-10(4)11/h6-8,11H,5H2,1-4H3/b9-6+,10-7+. The fraction of sp³-hybridized carbons (Fsp3) is 0.600. The van der Waals surface area contributed by atoms with Crippen LogP contribution in [0.2, 0.25) is 0 Å². The molecule has 0 fully saturated rings. The molecule has 0 aliphatic carbocycles. The van der Waals surface area contributed by atoms with Gasteiger partial charge in [-0.05, 0) is 32.3 Å². The second-order valence-corrected chi connectivity index (χ2v) is 3.03. The van der Waals surface area contributed by atoms with E-state index in [9.17, 15) is 0 Å². The minimum atomic E-state index is 0.368. The lowest BCUT2D eigenvalue weighted by Crippen LogP contribution is -1.92. The van der Waals surface area contributed by atoms with Crippen LogP contribution in [0.3, 0.4) is 0 Å². The Morgan fingerprint density at radius 1 is 1.36 bits per heavy atom. The maximum Gasteiger partial charge on any atom is 0.0891 e. The van der Waals surface area contributed by atoms with Gasteiger partial charge in [0.05, 0.1) is 5.76 Å². The average molecular weight is 154 g/mol. The number of rotatable bonds is 3. The van der Waals surface area contributed by atoms with E-state index in [0.717, 1.165) is 6.42 Å². The molecular formula is C10H18O. The van der Waals surface area contributed by atoms with E-state index >= 15 is 0 Å². The summed E-state index contributed by atoms with van der Waals surface area (Å²) < 4.78 is 0. The molecule has 1 nitrogen and oxygen atoms in total. The van der Waals surface area contributed by atoms with E-state index < -0.39 is 0 Å². The Morgan fingerprint density at radius 2 is 1.91 bits per heavy atom. The molecule has 0 saturated heterocycles. The summed E-state index contributed by atoms with van der Waals surface area (Å²) in [6.45, 7) is 8.12. The van der Waals surface area contributed by atoms with Crippen LogP contribution in [0.4, 0.5) is 0 Å². The van der Waals surface area contributed by atoms with Crippen molar-refractivity contribution in [2.45, 2.75) is 34.1 Å². The number of hydrogen-bond donors (Lipinski definition) is 1. The van der Waals surface area contributed by atoms with Crippen molar-refractivity contribution in [3.8, 4) is 0 Å². The molecule has 0 aliphatic rings. The number of allylic oxidation sites excluding steroid dienone is 4. The number of hydrogen-bond acceptors (Lipinski definition) is 1. The van der Waals surface area contributed by atoms with Gasteiger partial charge in [0.25, 0.3) is 0 Å². The summed E-state index contributed by atoms with van der Waals surface area (Å²) >= 11 is 0. The second-order valence-electron chi connectivity index (χ2n) is 3.03. The fourth-order valence-electron chi connectivity index (χ4n) is 0.738. The summed E-state index contributed by atoms with van der Waals surface area (Å²) in [6.07, 6.45) is 4.87. The second kappa shape index (κ2) is 5.00. The highest BCUT2D eigenvalue weighted by molar-refractivity contribution is 5.13. The van der Waals surface area contributed by atoms with Crippen LogP contribution in [0.25, 0.3) is 0 Å². The maximum absolute atomic E-state index is 8.87. The van der Waals surface area contributed by atoms with Crippen molar-refractivity contribution < 1.29 is 5.11 Å². The van der Waals surface area contributed by atoms with Crippen LogP contribution in [0.15, 0.2) is 23.5 Å². The predicted octanol–water partition coefficient (Wildman–Crippen LogP) is 3.44. The highest BCUT2D eigenvalue weighted by Gasteiger charge is 1.98. The van der Waals surface area contributed by atoms with Gasteiger partial charge in [0.1, 0.15) is 0 Å². The average Bonchev–Trinajstić information content (AvgIpc) is 1.98. The zero-order valence-electron chi connectivity index (χ0n) is 7.89. The Balaban J connectivity index is 4.11. The minimum absolute atomic E-state index is 0.368. The van der Waals surface area contributed by atoms with Crippen LogP contribution < -0.4 is 0 Å². The molecule has 1 atom stereocenters. The molecule has 11 heavy (non-hydrogen) atoms. The van der Waals surface area contributed by atoms with Crippen LogP contribution in [-0.2, 0) is 0 Å². The summed E-state index contributed by atoms with van der Waals surface area (Å²) in [6, 6.07) is 0. The first-order chi connectivity index (χ1) is 5.07. The molecule has 64 valence electrons. The van der Waals surface area contributed by atoms with E-state index in [1.165, 1.54) is 5.57 Å². The molecule has 0 aromatic heterocycles. The van der Waals surface area contributed by atoms with E-state index in [2.05, 4.69) is 20.8 Å². The quantitative estimate of drug-likeness (QED) is 0.487. The van der Waals surface area contributed by atoms with Crippen molar-refractivity contribution in [1.29, 1.82) is 0 Å². The van der Waals surface area contributed by atoms with E-state index in [-0.39, 0.29) is 0 Å². The summed E-state index contributed by atoms with van der Waals surface area (Å²) in [5, 5.41) is 8.87. The summed E-state index contributed by atoms with van der Waals surface area (Å²) in [5.41, 5.74) is 1.32. The Morgan fingerprint density at radius 3 is 2.27 bits per heavy atom. The van der Waals surface area contributed by atoms with Gasteiger partial charge >= 0.3 is 0 Å². The zero-order chi connectivity index (χ0) is 8.85. The van der Waals surface area contributed by atoms with Crippen molar-refractivity contribution >= 4 is 0 Å². The van der Waals surface area contributed by atoms with Crippen LogP contribution in [0, 0.1) is 5.92 Å². The Hall–Kier alpha value is -0.720. The van der Waals surface area contributed by atoms with Gasteiger partial charge in [-0.2, -0.15) is 0 Å². The molecule has 0 aromatic rings. The van der Waals surface area contributed by atoms with Gasteiger partial charge in [0.15, 0.2) is 0 Å². The third-order valence-corrected chi connectivity index (χ3v) is 1.98. The topological polar surface area (TPSA) is 20.2 Å². The minimum Gasteiger partial charge on any atom is -0.513 e. The monoisotopic (exact) mass is 154 g/mol. The van der Waals surface area contributed by atoms with Crippen molar-refractivity contribution in [3.63, 3.8) is 0 Å². The van der Waals surface area contributed by atoms with E-state index in [4.69, 9.17) is 5.11 Å². The molecule has 0 aliphatic heterocycles. The lowest BCUT2D eigenvalue weighted by atomic mass is 10.00. The molecule has 0 heterocycles. The van der Waals surface area contributed by atoms with Gasteiger partial charge in [-0.15, -0.1) is 0 Å². The van der Waals surface area contributed by atoms with Crippen molar-refractivity contribution in [2.24, 2.45) is 5.92 Å². The van der Waals surface area contributed by atoms with Crippen molar-refractivity contribution in [1.82, 2.24) is 0 Å². The summed E-state index contributed by atoms with van der Waals surface area (Å²) in [7, 11) is 0. The van der Waals surface area contributed by atoms with E-state index in [1.807, 2.05) is 6.08 Å². The normalized spacial score (nSPS) is 16.7. The first-order valence-electron chi connectivity index (χ1n) is 4.12. The Bertz CT molecular complexity index is 162. The molecule has 0 saturated carbocycles. The molecule has 0 rings (SSSR count). The summed E-state index contributed by atoms with van der Waals surface area (Å²) in [4.78, 5) is 0. The van der Waals surface area contributed by atoms with Crippen LogP contribution in [-0.4, -0.2) is 5.11 Å². The number of aliphatic hydroxyl groups is 1. The molecular weight excluding hydrogens is 136 g/mol. The molecule has 1 N–H and O–H groups in total. The molecule has 0 radical (unpaired) electrons. The van der Waals surface area contributed by atoms with Gasteiger partial charge in [0.2, 0.25) is 0 Å². The molecule has 1 heteroatoms. The van der Waals surface area contributed by atoms with Gasteiger partial charge in [0, 0.05) is 0 Å². The third kappa shape index (κ3) is 4.65. The predicted molar refractivity (Wildman–Crippen MR) is 49.6 cm³/mol. The maximum atomic E-state index is 8.87. The molecule has 0 aromatic carbocycles. The van der Waals surface area contributed by atoms with Gasteiger partial charge < -0.3 is 5.11 Å². The van der Waals surface area contributed by atoms with Gasteiger partial charge in [-0.25, -0.2) is 0 Å². The zero-order valence-corrected chi connectivity index (χ0v) is 7.89. The van der Waals surface area contributed by atoms with Crippen LogP contribution in [0.1, 0.15) is 34.1 Å². The highest BCUT2D eigenvalue weighted by atomic mass is 16.3. The first kappa shape index (κ1) is 10.3. The first-order valence-corrected chi connectivity index (χ1v) is 4.12. The van der Waals surface area contributed by atoms with Gasteiger partial charge in [-0.1, -0.05) is 25.5 Å². The highest BCUT2D eigenvalue weighted by Crippen LogP contribution is 2.12. The SMILES string of the molecule is CCC(C)/C(C)=C/C=C(\C)O. The van der Waals surface area contributed by atoms with Crippen LogP contribution >= 0.6 is 0 Å². The van der Waals surface area contributed by atoms with E-state index in [0.29, 0.717) is 11.7 Å².